The number of phosphoric ester groups is 1. The molecule has 11 nitrogen and oxygen atoms in total. The van der Waals surface area contributed by atoms with Crippen LogP contribution in [0.4, 0.5) is 0 Å². The van der Waals surface area contributed by atoms with E-state index in [9.17, 15) is 34.1 Å². The summed E-state index contributed by atoms with van der Waals surface area (Å²) in [4.78, 5) is 46.1. The van der Waals surface area contributed by atoms with Crippen LogP contribution in [0.15, 0.2) is 36.5 Å². The van der Waals surface area contributed by atoms with Gasteiger partial charge in [0.25, 0.3) is 0 Å². The number of nitrogens with one attached hydrogen (secondary N) is 1. The molecule has 1 amide bonds. The molecular formula is C53H98NO10P. The minimum atomic E-state index is -4.76. The van der Waals surface area contributed by atoms with Gasteiger partial charge in [0.05, 0.1) is 13.2 Å². The molecule has 0 fully saturated rings. The van der Waals surface area contributed by atoms with Crippen molar-refractivity contribution >= 4 is 25.7 Å². The summed E-state index contributed by atoms with van der Waals surface area (Å²) in [5.41, 5.74) is 0. The zero-order valence-electron chi connectivity index (χ0n) is 41.5. The van der Waals surface area contributed by atoms with Crippen LogP contribution in [0.3, 0.4) is 0 Å². The number of allylic oxidation sites excluding steroid dienone is 6. The van der Waals surface area contributed by atoms with E-state index < -0.39 is 57.6 Å². The zero-order chi connectivity index (χ0) is 47.7. The number of carboxylic acid groups (broad SMARTS) is 1. The van der Waals surface area contributed by atoms with Gasteiger partial charge < -0.3 is 25.2 Å². The fraction of sp³-hybridized carbons (Fsp3) is 0.830. The average molecular weight is 940 g/mol. The molecule has 0 radical (unpaired) electrons. The van der Waals surface area contributed by atoms with Crippen molar-refractivity contribution in [1.29, 1.82) is 0 Å². The van der Waals surface area contributed by atoms with Crippen molar-refractivity contribution in [3.8, 4) is 0 Å². The first-order chi connectivity index (χ1) is 31.6. The van der Waals surface area contributed by atoms with E-state index in [0.29, 0.717) is 12.8 Å². The normalized spacial score (nSPS) is 13.8. The van der Waals surface area contributed by atoms with Gasteiger partial charge in [-0.2, -0.15) is 0 Å². The molecule has 0 aliphatic heterocycles. The first-order valence-corrected chi connectivity index (χ1v) is 28.0. The van der Waals surface area contributed by atoms with Gasteiger partial charge in [-0.25, -0.2) is 9.36 Å². The molecular weight excluding hydrogens is 842 g/mol. The summed E-state index contributed by atoms with van der Waals surface area (Å²) in [6.07, 6.45) is 54.5. The highest BCUT2D eigenvalue weighted by atomic mass is 31.2. The Labute approximate surface area is 397 Å². The lowest BCUT2D eigenvalue weighted by Crippen LogP contribution is -2.43. The quantitative estimate of drug-likeness (QED) is 0.0199. The second kappa shape index (κ2) is 48.2. The molecule has 0 saturated heterocycles. The first-order valence-electron chi connectivity index (χ1n) is 26.5. The summed E-state index contributed by atoms with van der Waals surface area (Å²) in [5, 5.41) is 21.9. The number of aliphatic hydroxyl groups excluding tert-OH is 1. The van der Waals surface area contributed by atoms with Crippen LogP contribution >= 0.6 is 7.82 Å². The number of rotatable bonds is 50. The molecule has 0 heterocycles. The lowest BCUT2D eigenvalue weighted by molar-refractivity contribution is -0.147. The predicted molar refractivity (Wildman–Crippen MR) is 268 cm³/mol. The fourth-order valence-electron chi connectivity index (χ4n) is 7.52. The van der Waals surface area contributed by atoms with E-state index in [0.717, 1.165) is 57.8 Å². The Bertz CT molecular complexity index is 1240. The maximum Gasteiger partial charge on any atom is 0.472 e. The third-order valence-corrected chi connectivity index (χ3v) is 12.6. The van der Waals surface area contributed by atoms with Gasteiger partial charge in [0.1, 0.15) is 12.7 Å². The third-order valence-electron chi connectivity index (χ3n) is 11.7. The Hall–Kier alpha value is -2.30. The number of aliphatic carboxylic acids is 1. The summed E-state index contributed by atoms with van der Waals surface area (Å²) < 4.78 is 27.0. The van der Waals surface area contributed by atoms with Gasteiger partial charge in [-0.05, 0) is 70.6 Å². The van der Waals surface area contributed by atoms with Gasteiger partial charge >= 0.3 is 19.8 Å². The molecule has 0 rings (SSSR count). The molecule has 4 N–H and O–H groups in total. The Morgan fingerprint density at radius 2 is 0.846 bits per heavy atom. The van der Waals surface area contributed by atoms with Crippen molar-refractivity contribution in [3.63, 3.8) is 0 Å². The molecule has 0 spiro atoms. The van der Waals surface area contributed by atoms with Gasteiger partial charge in [-0.15, -0.1) is 0 Å². The van der Waals surface area contributed by atoms with E-state index in [1.54, 1.807) is 0 Å². The van der Waals surface area contributed by atoms with Crippen LogP contribution in [-0.2, 0) is 32.7 Å². The van der Waals surface area contributed by atoms with Crippen LogP contribution in [0.2, 0.25) is 0 Å². The van der Waals surface area contributed by atoms with Crippen LogP contribution < -0.4 is 5.32 Å². The summed E-state index contributed by atoms with van der Waals surface area (Å²) in [7, 11) is -4.76. The zero-order valence-corrected chi connectivity index (χ0v) is 42.4. The van der Waals surface area contributed by atoms with Gasteiger partial charge in [0.15, 0.2) is 6.04 Å². The van der Waals surface area contributed by atoms with Crippen molar-refractivity contribution in [2.75, 3.05) is 19.8 Å². The molecule has 0 aromatic rings. The van der Waals surface area contributed by atoms with Crippen LogP contribution in [0.1, 0.15) is 251 Å². The first kappa shape index (κ1) is 62.7. The number of amides is 1. The molecule has 3 unspecified atom stereocenters. The number of carbonyl (C=O) groups excluding carboxylic acids is 2. The molecule has 0 bridgehead atoms. The van der Waals surface area contributed by atoms with E-state index in [1.807, 2.05) is 0 Å². The minimum Gasteiger partial charge on any atom is -0.480 e. The standard InChI is InChI=1S/C53H98NO10P/c1-3-5-7-9-11-13-15-17-19-21-23-24-25-26-27-29-31-33-35-37-39-41-43-45-52(57)62-46-49(55)47-63-65(60,61)64-48-50(53(58)59)54-51(56)44-42-40-38-36-34-32-30-28-22-20-18-16-14-12-10-8-6-4-2/h14,16-17,19-20,22,49-50,55H,3-13,15,18,21,23-48H2,1-2H3,(H,54,56)(H,58,59)(H,60,61)/b16-14-,19-17+,22-20-. The van der Waals surface area contributed by atoms with Gasteiger partial charge in [-0.3, -0.25) is 18.6 Å². The summed E-state index contributed by atoms with van der Waals surface area (Å²) in [6.45, 7) is 2.61. The van der Waals surface area contributed by atoms with Gasteiger partial charge in [0.2, 0.25) is 5.91 Å². The fourth-order valence-corrected chi connectivity index (χ4v) is 8.29. The van der Waals surface area contributed by atoms with Gasteiger partial charge in [0, 0.05) is 12.8 Å². The highest BCUT2D eigenvalue weighted by Crippen LogP contribution is 2.43. The van der Waals surface area contributed by atoms with E-state index in [1.165, 1.54) is 154 Å². The number of hydrogen-bond acceptors (Lipinski definition) is 8. The predicted octanol–water partition coefficient (Wildman–Crippen LogP) is 14.7. The van der Waals surface area contributed by atoms with E-state index in [-0.39, 0.29) is 12.8 Å². The monoisotopic (exact) mass is 940 g/mol. The van der Waals surface area contributed by atoms with Crippen LogP contribution in [0.25, 0.3) is 0 Å². The number of hydrogen-bond donors (Lipinski definition) is 4. The number of phosphoric acid groups is 1. The second-order valence-corrected chi connectivity index (χ2v) is 19.5. The Balaban J connectivity index is 3.79. The highest BCUT2D eigenvalue weighted by molar-refractivity contribution is 7.47. The smallest absolute Gasteiger partial charge is 0.472 e. The number of ether oxygens (including phenoxy) is 1. The summed E-state index contributed by atoms with van der Waals surface area (Å²) in [5.74, 6) is -2.37. The number of unbranched alkanes of at least 4 members (excludes halogenated alkanes) is 30. The van der Waals surface area contributed by atoms with Crippen LogP contribution in [0, 0.1) is 0 Å². The molecule has 0 aromatic carbocycles. The lowest BCUT2D eigenvalue weighted by atomic mass is 10.0. The van der Waals surface area contributed by atoms with Gasteiger partial charge in [-0.1, -0.05) is 204 Å². The number of aliphatic hydroxyl groups is 1. The van der Waals surface area contributed by atoms with Crippen molar-refractivity contribution in [2.45, 2.75) is 264 Å². The molecule has 0 aliphatic carbocycles. The second-order valence-electron chi connectivity index (χ2n) is 18.1. The maximum absolute atomic E-state index is 12.4. The van der Waals surface area contributed by atoms with Crippen LogP contribution in [0.5, 0.6) is 0 Å². The molecule has 380 valence electrons. The topological polar surface area (TPSA) is 169 Å². The Kier molecular flexibility index (Phi) is 46.5. The molecule has 0 saturated carbocycles. The number of carboxylic acids is 1. The SMILES string of the molecule is CCCCCC/C=C\C/C=C\CCCCCCCCCC(=O)NC(COP(=O)(O)OCC(O)COC(=O)CCCCCCCCCCCCCCC/C=C/CCCCCCCC)C(=O)O. The number of carbonyl (C=O) groups is 3. The van der Waals surface area contributed by atoms with Crippen molar-refractivity contribution in [1.82, 2.24) is 5.32 Å². The molecule has 3 atom stereocenters. The summed E-state index contributed by atoms with van der Waals surface area (Å²) >= 11 is 0. The van der Waals surface area contributed by atoms with Crippen molar-refractivity contribution in [2.24, 2.45) is 0 Å². The van der Waals surface area contributed by atoms with E-state index >= 15 is 0 Å². The third kappa shape index (κ3) is 48.0. The molecule has 65 heavy (non-hydrogen) atoms. The lowest BCUT2D eigenvalue weighted by Gasteiger charge is -2.18. The Morgan fingerprint density at radius 1 is 0.492 bits per heavy atom. The summed E-state index contributed by atoms with van der Waals surface area (Å²) in [6, 6.07) is -1.55. The van der Waals surface area contributed by atoms with Crippen molar-refractivity contribution in [3.05, 3.63) is 36.5 Å². The Morgan fingerprint density at radius 3 is 1.28 bits per heavy atom. The van der Waals surface area contributed by atoms with E-state index in [2.05, 4.69) is 55.6 Å². The average Bonchev–Trinajstić information content (AvgIpc) is 3.28. The van der Waals surface area contributed by atoms with Crippen molar-refractivity contribution < 1.29 is 47.8 Å². The highest BCUT2D eigenvalue weighted by Gasteiger charge is 2.28. The van der Waals surface area contributed by atoms with Crippen LogP contribution in [-0.4, -0.2) is 64.9 Å². The molecule has 0 aliphatic rings. The number of esters is 1. The maximum atomic E-state index is 12.4. The molecule has 0 aromatic heterocycles. The van der Waals surface area contributed by atoms with E-state index in [4.69, 9.17) is 13.8 Å². The largest absolute Gasteiger partial charge is 0.480 e. The molecule has 12 heteroatoms. The minimum absolute atomic E-state index is 0.137.